The van der Waals surface area contributed by atoms with Crippen LogP contribution in [0.25, 0.3) is 0 Å². The topological polar surface area (TPSA) is 37.4 Å². The quantitative estimate of drug-likeness (QED) is 0.546. The molecular weight excluding hydrogens is 274 g/mol. The van der Waals surface area contributed by atoms with E-state index in [1.807, 2.05) is 12.1 Å². The Morgan fingerprint density at radius 1 is 1.05 bits per heavy atom. The van der Waals surface area contributed by atoms with E-state index in [1.165, 1.54) is 0 Å². The zero-order valence-corrected chi connectivity index (χ0v) is 14.5. The van der Waals surface area contributed by atoms with Gasteiger partial charge in [0.15, 0.2) is 9.84 Å². The van der Waals surface area contributed by atoms with Crippen LogP contribution in [0.4, 0.5) is 5.69 Å². The second-order valence-electron chi connectivity index (χ2n) is 4.69. The molecule has 1 rings (SSSR count). The fourth-order valence-corrected chi connectivity index (χ4v) is 6.44. The maximum absolute atomic E-state index is 12.1. The van der Waals surface area contributed by atoms with Gasteiger partial charge in [-0.25, -0.2) is 8.42 Å². The predicted octanol–water partition coefficient (Wildman–Crippen LogP) is 2.26. The zero-order valence-electron chi connectivity index (χ0n) is 12.2. The van der Waals surface area contributed by atoms with Gasteiger partial charge in [0.2, 0.25) is 0 Å². The minimum absolute atomic E-state index is 0.394. The Labute approximate surface area is 119 Å². The lowest BCUT2D eigenvalue weighted by atomic mass is 10.3. The van der Waals surface area contributed by atoms with Crippen molar-refractivity contribution in [3.8, 4) is 0 Å². The summed E-state index contributed by atoms with van der Waals surface area (Å²) in [6.07, 6.45) is 1.10. The maximum atomic E-state index is 12.1. The molecule has 0 aromatic heterocycles. The molecule has 0 heterocycles. The SMILES string of the molecule is CCC[SiH2]CS(=O)(=O)c1ccc(N(CC)CC)cc1. The van der Waals surface area contributed by atoms with Crippen molar-refractivity contribution in [1.29, 1.82) is 0 Å². The van der Waals surface area contributed by atoms with Gasteiger partial charge in [0.05, 0.1) is 4.90 Å². The van der Waals surface area contributed by atoms with Crippen molar-refractivity contribution in [2.24, 2.45) is 0 Å². The van der Waals surface area contributed by atoms with E-state index < -0.39 is 19.4 Å². The van der Waals surface area contributed by atoms with Crippen LogP contribution < -0.4 is 4.90 Å². The lowest BCUT2D eigenvalue weighted by Gasteiger charge is -2.21. The Balaban J connectivity index is 2.80. The molecule has 0 saturated carbocycles. The van der Waals surface area contributed by atoms with Gasteiger partial charge in [-0.3, -0.25) is 0 Å². The third-order valence-electron chi connectivity index (χ3n) is 3.34. The molecule has 0 saturated heterocycles. The molecule has 5 heteroatoms. The van der Waals surface area contributed by atoms with Crippen LogP contribution in [0.2, 0.25) is 6.04 Å². The highest BCUT2D eigenvalue weighted by molar-refractivity contribution is 7.92. The number of hydrogen-bond acceptors (Lipinski definition) is 3. The summed E-state index contributed by atoms with van der Waals surface area (Å²) in [5, 5.41) is 0.394. The fraction of sp³-hybridized carbons (Fsp3) is 0.571. The van der Waals surface area contributed by atoms with E-state index in [-0.39, 0.29) is 0 Å². The summed E-state index contributed by atoms with van der Waals surface area (Å²) in [5.41, 5.74) is 1.09. The summed E-state index contributed by atoms with van der Waals surface area (Å²) in [6, 6.07) is 8.45. The highest BCUT2D eigenvalue weighted by Gasteiger charge is 2.14. The second-order valence-corrected chi connectivity index (χ2v) is 9.44. The highest BCUT2D eigenvalue weighted by Crippen LogP contribution is 2.18. The molecule has 0 aliphatic heterocycles. The predicted molar refractivity (Wildman–Crippen MR) is 85.7 cm³/mol. The average Bonchev–Trinajstić information content (AvgIpc) is 2.41. The van der Waals surface area contributed by atoms with E-state index in [4.69, 9.17) is 0 Å². The molecule has 0 amide bonds. The summed E-state index contributed by atoms with van der Waals surface area (Å²) in [7, 11) is -3.51. The first-order chi connectivity index (χ1) is 9.05. The van der Waals surface area contributed by atoms with E-state index in [1.54, 1.807) is 12.1 Å². The summed E-state index contributed by atoms with van der Waals surface area (Å²) in [6.45, 7) is 8.19. The fourth-order valence-electron chi connectivity index (χ4n) is 2.11. The zero-order chi connectivity index (χ0) is 14.3. The highest BCUT2D eigenvalue weighted by atomic mass is 32.2. The number of rotatable bonds is 8. The Kier molecular flexibility index (Phi) is 6.58. The molecule has 0 aliphatic rings. The first kappa shape index (κ1) is 16.2. The standard InChI is InChI=1S/C14H25NO2SSi/c1-4-11-19-12-18(16,17)14-9-7-13(8-10-14)15(5-2)6-3/h7-10H,4-6,11-12,19H2,1-3H3. The van der Waals surface area contributed by atoms with Gasteiger partial charge in [0.1, 0.15) is 0 Å². The van der Waals surface area contributed by atoms with Crippen LogP contribution in [0.5, 0.6) is 0 Å². The van der Waals surface area contributed by atoms with E-state index >= 15 is 0 Å². The molecule has 0 aliphatic carbocycles. The van der Waals surface area contributed by atoms with Gasteiger partial charge in [-0.05, 0) is 38.1 Å². The maximum Gasteiger partial charge on any atom is 0.175 e. The third-order valence-corrected chi connectivity index (χ3v) is 8.84. The third kappa shape index (κ3) is 4.65. The summed E-state index contributed by atoms with van der Waals surface area (Å²) in [4.78, 5) is 2.69. The molecule has 3 nitrogen and oxygen atoms in total. The average molecular weight is 300 g/mol. The summed E-state index contributed by atoms with van der Waals surface area (Å²) < 4.78 is 24.3. The summed E-state index contributed by atoms with van der Waals surface area (Å²) in [5.74, 6) is 0. The molecule has 0 spiro atoms. The van der Waals surface area contributed by atoms with Crippen LogP contribution >= 0.6 is 0 Å². The lowest BCUT2D eigenvalue weighted by molar-refractivity contribution is 0.600. The van der Waals surface area contributed by atoms with Gasteiger partial charge in [0.25, 0.3) is 0 Å². The second kappa shape index (κ2) is 7.70. The lowest BCUT2D eigenvalue weighted by Crippen LogP contribution is -2.21. The molecule has 0 fully saturated rings. The Bertz CT molecular complexity index is 467. The van der Waals surface area contributed by atoms with Crippen molar-refractivity contribution in [2.45, 2.75) is 38.1 Å². The van der Waals surface area contributed by atoms with Crippen molar-refractivity contribution in [3.05, 3.63) is 24.3 Å². The van der Waals surface area contributed by atoms with Crippen molar-refractivity contribution in [3.63, 3.8) is 0 Å². The minimum atomic E-state index is -3.05. The van der Waals surface area contributed by atoms with E-state index in [9.17, 15) is 8.42 Å². The van der Waals surface area contributed by atoms with Crippen molar-refractivity contribution < 1.29 is 8.42 Å². The van der Waals surface area contributed by atoms with E-state index in [0.29, 0.717) is 10.3 Å². The van der Waals surface area contributed by atoms with Gasteiger partial charge in [-0.2, -0.15) is 0 Å². The van der Waals surface area contributed by atoms with E-state index in [2.05, 4.69) is 25.7 Å². The largest absolute Gasteiger partial charge is 0.372 e. The van der Waals surface area contributed by atoms with E-state index in [0.717, 1.165) is 31.2 Å². The van der Waals surface area contributed by atoms with Crippen LogP contribution in [0.15, 0.2) is 29.2 Å². The van der Waals surface area contributed by atoms with Gasteiger partial charge in [-0.1, -0.05) is 19.4 Å². The first-order valence-corrected chi connectivity index (χ1v) is 10.8. The molecule has 108 valence electrons. The normalized spacial score (nSPS) is 12.2. The molecule has 0 radical (unpaired) electrons. The van der Waals surface area contributed by atoms with Crippen molar-refractivity contribution in [2.75, 3.05) is 23.4 Å². The number of anilines is 1. The smallest absolute Gasteiger partial charge is 0.175 e. The molecule has 1 aromatic rings. The molecule has 1 aromatic carbocycles. The molecule has 19 heavy (non-hydrogen) atoms. The van der Waals surface area contributed by atoms with Gasteiger partial charge < -0.3 is 4.90 Å². The first-order valence-electron chi connectivity index (χ1n) is 7.12. The minimum Gasteiger partial charge on any atom is -0.372 e. The van der Waals surface area contributed by atoms with Crippen molar-refractivity contribution in [1.82, 2.24) is 0 Å². The van der Waals surface area contributed by atoms with Crippen LogP contribution in [0.3, 0.4) is 0 Å². The van der Waals surface area contributed by atoms with Crippen LogP contribution in [-0.2, 0) is 9.84 Å². The van der Waals surface area contributed by atoms with Crippen LogP contribution in [0, 0.1) is 0 Å². The van der Waals surface area contributed by atoms with Crippen LogP contribution in [-0.4, -0.2) is 36.4 Å². The van der Waals surface area contributed by atoms with Gasteiger partial charge in [-0.15, -0.1) is 0 Å². The molecule has 0 N–H and O–H groups in total. The monoisotopic (exact) mass is 299 g/mol. The Morgan fingerprint density at radius 2 is 1.63 bits per heavy atom. The van der Waals surface area contributed by atoms with Gasteiger partial charge in [0, 0.05) is 33.7 Å². The number of nitrogens with zero attached hydrogens (tertiary/aromatic N) is 1. The molecule has 0 atom stereocenters. The molecular formula is C14H25NO2SSi. The Hall–Kier alpha value is -0.813. The number of sulfone groups is 1. The van der Waals surface area contributed by atoms with Crippen LogP contribution in [0.1, 0.15) is 27.2 Å². The van der Waals surface area contributed by atoms with Crippen molar-refractivity contribution >= 4 is 25.0 Å². The Morgan fingerprint density at radius 3 is 2.11 bits per heavy atom. The number of hydrogen-bond donors (Lipinski definition) is 0. The summed E-state index contributed by atoms with van der Waals surface area (Å²) >= 11 is 0. The molecule has 0 unspecified atom stereocenters. The van der Waals surface area contributed by atoms with Gasteiger partial charge >= 0.3 is 0 Å². The number of benzene rings is 1. The molecule has 0 bridgehead atoms.